The van der Waals surface area contributed by atoms with Crippen LogP contribution in [0.3, 0.4) is 0 Å². The Balaban J connectivity index is 1.73. The van der Waals surface area contributed by atoms with Gasteiger partial charge in [-0.2, -0.15) is 0 Å². The lowest BCUT2D eigenvalue weighted by molar-refractivity contribution is -0.177. The predicted octanol–water partition coefficient (Wildman–Crippen LogP) is 4.83. The molecule has 5 rings (SSSR count). The highest BCUT2D eigenvalue weighted by Gasteiger charge is 2.48. The molecule has 4 N–H and O–H groups in total. The number of carbonyl (C=O) groups excluding carboxylic acids is 9. The fourth-order valence-corrected chi connectivity index (χ4v) is 11.7. The average Bonchev–Trinajstić information content (AvgIpc) is 2.75. The first kappa shape index (κ1) is 68.5. The van der Waals surface area contributed by atoms with E-state index in [4.69, 9.17) is 4.74 Å². The van der Waals surface area contributed by atoms with Crippen LogP contribution in [0, 0.1) is 29.6 Å². The molecule has 85 heavy (non-hydrogen) atoms. The highest BCUT2D eigenvalue weighted by Crippen LogP contribution is 2.28. The minimum atomic E-state index is -1.98. The smallest absolute Gasteiger partial charge is 0.332 e. The average molecular weight is 1180 g/mol. The van der Waals surface area contributed by atoms with Crippen molar-refractivity contribution in [1.29, 1.82) is 0 Å². The van der Waals surface area contributed by atoms with Crippen molar-refractivity contribution in [2.45, 2.75) is 188 Å². The summed E-state index contributed by atoms with van der Waals surface area (Å²) in [6, 6.07) is 6.07. The largest absolute Gasteiger partial charge is 0.450 e. The number of nitrogens with one attached hydrogen (secondary N) is 3. The molecule has 2 unspecified atom stereocenters. The van der Waals surface area contributed by atoms with Crippen molar-refractivity contribution in [3.8, 4) is 11.1 Å². The number of esters is 1. The second-order valence-corrected chi connectivity index (χ2v) is 25.0. The van der Waals surface area contributed by atoms with Gasteiger partial charge in [-0.05, 0) is 79.9 Å². The number of likely N-dealkylation sites (N-methyl/N-ethyl adjacent to an activating group) is 4. The first-order chi connectivity index (χ1) is 39.9. The molecule has 3 aromatic rings. The van der Waals surface area contributed by atoms with Crippen molar-refractivity contribution in [3.63, 3.8) is 0 Å². The van der Waals surface area contributed by atoms with Gasteiger partial charge in [0.2, 0.25) is 41.4 Å². The molecule has 21 nitrogen and oxygen atoms in total. The van der Waals surface area contributed by atoms with Gasteiger partial charge in [-0.1, -0.05) is 130 Å². The summed E-state index contributed by atoms with van der Waals surface area (Å²) in [5.41, 5.74) is 0.805. The van der Waals surface area contributed by atoms with Crippen LogP contribution in [0.2, 0.25) is 0 Å². The van der Waals surface area contributed by atoms with Crippen LogP contribution in [0.1, 0.15) is 126 Å². The number of hydrogen-bond acceptors (Lipinski definition) is 13. The van der Waals surface area contributed by atoms with Crippen molar-refractivity contribution < 1.29 is 53.0 Å². The summed E-state index contributed by atoms with van der Waals surface area (Å²) in [6.45, 7) is 20.6. The van der Waals surface area contributed by atoms with Gasteiger partial charge in [-0.25, -0.2) is 14.8 Å². The summed E-state index contributed by atoms with van der Waals surface area (Å²) < 4.78 is 6.12. The molecule has 2 fully saturated rings. The Morgan fingerprint density at radius 3 is 1.72 bits per heavy atom. The zero-order valence-corrected chi connectivity index (χ0v) is 52.8. The molecule has 1 aromatic heterocycles. The van der Waals surface area contributed by atoms with Gasteiger partial charge in [-0.15, -0.1) is 0 Å². The van der Waals surface area contributed by atoms with Crippen LogP contribution < -0.4 is 16.0 Å². The fraction of sp³-hybridized carbons (Fsp3) is 0.609. The molecule has 11 atom stereocenters. The maximum atomic E-state index is 15.6. The molecule has 8 amide bonds. The van der Waals surface area contributed by atoms with Crippen LogP contribution in [0.15, 0.2) is 73.3 Å². The van der Waals surface area contributed by atoms with E-state index in [9.17, 15) is 29.1 Å². The second-order valence-electron chi connectivity index (χ2n) is 25.0. The molecule has 0 radical (unpaired) electrons. The summed E-state index contributed by atoms with van der Waals surface area (Å²) >= 11 is 0. The molecule has 3 heterocycles. The Bertz CT molecular complexity index is 2810. The van der Waals surface area contributed by atoms with E-state index in [1.807, 2.05) is 51.1 Å². The lowest BCUT2D eigenvalue weighted by Crippen LogP contribution is -2.63. The maximum absolute atomic E-state index is 15.6. The lowest BCUT2D eigenvalue weighted by atomic mass is 9.93. The standard InChI is InChI=1S/C64H94N10O11/c1-17-40(9)50-61(81)71(14)51(38(5)6)56(76)67-46(30-37(3)4)59(79)73(16)54(64(11,12)84)63(83)85-53(41(10)18-2)62(82)72(15)52(39(7)8)57(77)68-47(32-42-24-20-19-21-25-42)58(78)70(13)49(60(80)74-29-23-28-48(74)55(75)69-50)33-43-26-22-27-44(31-43)45-34-65-36-66-35-45/h19-22,24-27,31,34-41,46-54,84H,17-18,23,28-30,32-33H2,1-16H3,(H,67,76)(H,68,77)(H,69,75)/t40?,41?,46-,47-,48-,49-,50-,51-,52-,53+,54+/m0/s1. The number of carbonyl (C=O) groups is 9. The van der Waals surface area contributed by atoms with E-state index >= 15 is 19.2 Å². The second kappa shape index (κ2) is 30.2. The first-order valence-electron chi connectivity index (χ1n) is 30.0. The van der Waals surface area contributed by atoms with Gasteiger partial charge in [0.1, 0.15) is 48.6 Å². The van der Waals surface area contributed by atoms with E-state index in [1.54, 1.807) is 85.1 Å². The zero-order chi connectivity index (χ0) is 63.4. The Labute approximate surface area is 502 Å². The van der Waals surface area contributed by atoms with E-state index in [0.717, 1.165) is 10.5 Å². The Kier molecular flexibility index (Phi) is 24.3. The number of fused-ring (bicyclic) bond motifs is 1. The van der Waals surface area contributed by atoms with Crippen LogP contribution in [0.5, 0.6) is 0 Å². The van der Waals surface area contributed by atoms with E-state index in [0.29, 0.717) is 36.0 Å². The molecule has 0 bridgehead atoms. The molecule has 2 saturated heterocycles. The van der Waals surface area contributed by atoms with Crippen molar-refractivity contribution in [1.82, 2.24) is 50.4 Å². The Morgan fingerprint density at radius 1 is 0.612 bits per heavy atom. The fourth-order valence-electron chi connectivity index (χ4n) is 11.7. The third-order valence-electron chi connectivity index (χ3n) is 16.8. The Morgan fingerprint density at radius 2 is 1.16 bits per heavy atom. The van der Waals surface area contributed by atoms with Crippen LogP contribution in [-0.2, 0) is 60.7 Å². The topological polar surface area (TPSA) is 261 Å². The number of ether oxygens (including phenoxy) is 1. The molecule has 21 heteroatoms. The van der Waals surface area contributed by atoms with E-state index in [-0.39, 0.29) is 38.1 Å². The number of rotatable bonds is 14. The quantitative estimate of drug-likeness (QED) is 0.158. The zero-order valence-electron chi connectivity index (χ0n) is 52.8. The third kappa shape index (κ3) is 17.0. The van der Waals surface area contributed by atoms with Crippen molar-refractivity contribution in [3.05, 3.63) is 84.4 Å². The summed E-state index contributed by atoms with van der Waals surface area (Å²) in [5, 5.41) is 20.6. The number of aliphatic hydroxyl groups is 1. The number of hydrogen-bond donors (Lipinski definition) is 4. The molecule has 0 aliphatic carbocycles. The van der Waals surface area contributed by atoms with E-state index in [2.05, 4.69) is 25.9 Å². The first-order valence-corrected chi connectivity index (χ1v) is 30.0. The molecule has 2 aliphatic rings. The van der Waals surface area contributed by atoms with Gasteiger partial charge in [0, 0.05) is 71.5 Å². The molecule has 2 aromatic carbocycles. The summed E-state index contributed by atoms with van der Waals surface area (Å²) in [7, 11) is 5.65. The molecule has 0 saturated carbocycles. The van der Waals surface area contributed by atoms with Crippen molar-refractivity contribution in [2.24, 2.45) is 29.6 Å². The van der Waals surface area contributed by atoms with Gasteiger partial charge in [0.25, 0.3) is 5.91 Å². The summed E-state index contributed by atoms with van der Waals surface area (Å²) in [6.07, 6.45) is 4.60. The van der Waals surface area contributed by atoms with Crippen molar-refractivity contribution in [2.75, 3.05) is 34.7 Å². The van der Waals surface area contributed by atoms with Gasteiger partial charge >= 0.3 is 5.97 Å². The van der Waals surface area contributed by atoms with Crippen molar-refractivity contribution >= 4 is 53.2 Å². The number of amides is 8. The van der Waals surface area contributed by atoms with E-state index < -0.39 is 137 Å². The maximum Gasteiger partial charge on any atom is 0.332 e. The highest BCUT2D eigenvalue weighted by atomic mass is 16.6. The van der Waals surface area contributed by atoms with E-state index in [1.165, 1.54) is 68.0 Å². The van der Waals surface area contributed by atoms with Crippen LogP contribution in [0.4, 0.5) is 0 Å². The summed E-state index contributed by atoms with van der Waals surface area (Å²) in [5.74, 6) is -8.90. The van der Waals surface area contributed by atoms with Crippen LogP contribution in [0.25, 0.3) is 11.1 Å². The Hall–Kier alpha value is -7.29. The number of benzene rings is 2. The number of nitrogens with zero attached hydrogens (tertiary/aromatic N) is 7. The number of aromatic nitrogens is 2. The highest BCUT2D eigenvalue weighted by molar-refractivity contribution is 5.99. The van der Waals surface area contributed by atoms with Gasteiger partial charge in [-0.3, -0.25) is 38.4 Å². The number of cyclic esters (lactones) is 1. The minimum Gasteiger partial charge on any atom is -0.450 e. The van der Waals surface area contributed by atoms with Gasteiger partial charge < -0.3 is 50.3 Å². The molecular formula is C64H94N10O11. The SMILES string of the molecule is CCC(C)[C@@H]1NC(=O)[C@@H]2CCCN2C(=O)[C@H](Cc2cccc(-c3cncnc3)c2)N(C)C(=O)[C@H](Cc2ccccc2)NC(=O)[C@H](C(C)C)N(C)C(=O)[C@@H](C(C)CC)OC(=O)[C@H](C(C)(C)O)N(C)C(=O)[C@H](CC(C)C)NC(=O)[C@H](C(C)C)N(C)C1=O. The minimum absolute atomic E-state index is 0.0355. The molecular weight excluding hydrogens is 1080 g/mol. The molecule has 466 valence electrons. The monoisotopic (exact) mass is 1180 g/mol. The van der Waals surface area contributed by atoms with Crippen LogP contribution >= 0.6 is 0 Å². The third-order valence-corrected chi connectivity index (χ3v) is 16.8. The van der Waals surface area contributed by atoms with Crippen LogP contribution in [-0.4, -0.2) is 188 Å². The van der Waals surface area contributed by atoms with Gasteiger partial charge in [0.15, 0.2) is 12.1 Å². The molecule has 0 spiro atoms. The predicted molar refractivity (Wildman–Crippen MR) is 322 cm³/mol. The lowest BCUT2D eigenvalue weighted by Gasteiger charge is -2.39. The summed E-state index contributed by atoms with van der Waals surface area (Å²) in [4.78, 5) is 150. The molecule has 2 aliphatic heterocycles. The van der Waals surface area contributed by atoms with Gasteiger partial charge in [0.05, 0.1) is 5.60 Å². The normalized spacial score (nSPS) is 25.4.